The van der Waals surface area contributed by atoms with Gasteiger partial charge in [0.1, 0.15) is 6.54 Å². The van der Waals surface area contributed by atoms with Crippen LogP contribution in [0.25, 0.3) is 6.08 Å². The maximum absolute atomic E-state index is 12.9. The van der Waals surface area contributed by atoms with Crippen LogP contribution in [0.15, 0.2) is 23.0 Å². The van der Waals surface area contributed by atoms with E-state index in [-0.39, 0.29) is 24.1 Å². The van der Waals surface area contributed by atoms with Crippen molar-refractivity contribution in [1.82, 2.24) is 14.8 Å². The highest BCUT2D eigenvalue weighted by Crippen LogP contribution is 2.50. The molecule has 3 aliphatic rings. The summed E-state index contributed by atoms with van der Waals surface area (Å²) in [7, 11) is 0. The molecule has 30 heavy (non-hydrogen) atoms. The van der Waals surface area contributed by atoms with Crippen LogP contribution in [0.4, 0.5) is 13.2 Å². The van der Waals surface area contributed by atoms with E-state index >= 15 is 0 Å². The van der Waals surface area contributed by atoms with E-state index in [2.05, 4.69) is 0 Å². The number of aliphatic hydroxyl groups excluding tert-OH is 1. The van der Waals surface area contributed by atoms with E-state index in [1.54, 1.807) is 22.8 Å². The highest BCUT2D eigenvalue weighted by molar-refractivity contribution is 5.83. The first-order valence-corrected chi connectivity index (χ1v) is 10.3. The van der Waals surface area contributed by atoms with Crippen molar-refractivity contribution < 1.29 is 23.1 Å². The summed E-state index contributed by atoms with van der Waals surface area (Å²) in [4.78, 5) is 27.6. The summed E-state index contributed by atoms with van der Waals surface area (Å²) in [6, 6.07) is 2.51. The molecule has 4 rings (SSSR count). The third-order valence-corrected chi connectivity index (χ3v) is 6.46. The van der Waals surface area contributed by atoms with Gasteiger partial charge >= 0.3 is 6.18 Å². The van der Waals surface area contributed by atoms with Crippen molar-refractivity contribution in [3.63, 3.8) is 0 Å². The van der Waals surface area contributed by atoms with Crippen molar-refractivity contribution in [3.8, 4) is 0 Å². The van der Waals surface area contributed by atoms with Crippen LogP contribution < -0.4 is 10.9 Å². The predicted molar refractivity (Wildman–Crippen MR) is 104 cm³/mol. The largest absolute Gasteiger partial charge is 0.405 e. The molecule has 1 aliphatic carbocycles. The molecule has 0 spiro atoms. The molecular formula is C21H26F3N3O3. The second kappa shape index (κ2) is 7.85. The molecule has 0 aromatic carbocycles. The van der Waals surface area contributed by atoms with Gasteiger partial charge in [-0.15, -0.1) is 0 Å². The second-order valence-electron chi connectivity index (χ2n) is 8.50. The molecule has 0 radical (unpaired) electrons. The third kappa shape index (κ3) is 3.80. The molecule has 0 bridgehead atoms. The minimum Gasteiger partial charge on any atom is -0.396 e. The van der Waals surface area contributed by atoms with Crippen molar-refractivity contribution in [2.75, 3.05) is 19.7 Å². The molecule has 4 atom stereocenters. The molecule has 2 N–H and O–H groups in total. The molecule has 164 valence electrons. The fourth-order valence-corrected chi connectivity index (χ4v) is 5.03. The van der Waals surface area contributed by atoms with E-state index in [1.165, 1.54) is 0 Å². The Bertz CT molecular complexity index is 907. The number of alkyl halides is 3. The van der Waals surface area contributed by atoms with Gasteiger partial charge in [-0.1, -0.05) is 12.2 Å². The van der Waals surface area contributed by atoms with Gasteiger partial charge in [-0.25, -0.2) is 0 Å². The number of rotatable bonds is 6. The Balaban J connectivity index is 1.69. The quantitative estimate of drug-likeness (QED) is 0.731. The van der Waals surface area contributed by atoms with Crippen molar-refractivity contribution in [2.45, 2.75) is 44.6 Å². The average molecular weight is 425 g/mol. The zero-order valence-corrected chi connectivity index (χ0v) is 16.7. The number of aromatic nitrogens is 1. The summed E-state index contributed by atoms with van der Waals surface area (Å²) >= 11 is 0. The van der Waals surface area contributed by atoms with Gasteiger partial charge in [-0.05, 0) is 37.8 Å². The summed E-state index contributed by atoms with van der Waals surface area (Å²) in [6.07, 6.45) is 1.06. The molecule has 3 heterocycles. The topological polar surface area (TPSA) is 74.6 Å². The van der Waals surface area contributed by atoms with E-state index in [0.29, 0.717) is 24.6 Å². The van der Waals surface area contributed by atoms with Gasteiger partial charge in [-0.2, -0.15) is 13.2 Å². The highest BCUT2D eigenvalue weighted by atomic mass is 19.4. The average Bonchev–Trinajstić information content (AvgIpc) is 3.34. The van der Waals surface area contributed by atoms with Crippen molar-refractivity contribution in [1.29, 1.82) is 0 Å². The molecule has 1 aromatic rings. The van der Waals surface area contributed by atoms with Crippen LogP contribution in [-0.4, -0.2) is 52.4 Å². The molecular weight excluding hydrogens is 399 g/mol. The minimum atomic E-state index is -4.50. The summed E-state index contributed by atoms with van der Waals surface area (Å²) in [5.74, 6) is -1.06. The van der Waals surface area contributed by atoms with Crippen LogP contribution in [0.2, 0.25) is 0 Å². The Hall–Kier alpha value is -2.13. The minimum absolute atomic E-state index is 0.124. The molecule has 0 unspecified atom stereocenters. The zero-order chi connectivity index (χ0) is 21.6. The number of nitrogens with zero attached hydrogens (tertiary/aromatic N) is 2. The maximum atomic E-state index is 12.9. The molecule has 6 nitrogen and oxygen atoms in total. The van der Waals surface area contributed by atoms with Crippen LogP contribution in [0.1, 0.15) is 37.1 Å². The normalized spacial score (nSPS) is 28.7. The highest BCUT2D eigenvalue weighted by Gasteiger charge is 2.56. The van der Waals surface area contributed by atoms with E-state index in [0.717, 1.165) is 18.5 Å². The lowest BCUT2D eigenvalue weighted by atomic mass is 9.88. The fraction of sp³-hybridized carbons (Fsp3) is 0.619. The van der Waals surface area contributed by atoms with Crippen molar-refractivity contribution in [3.05, 3.63) is 39.8 Å². The number of amides is 1. The number of allylic oxidation sites excluding steroid dienone is 1. The number of pyridine rings is 1. The number of carbonyl (C=O) groups excluding carboxylic acids is 1. The number of aliphatic hydroxyl groups is 1. The SMILES string of the molecule is C/C=C/c1ccc2n(c1=O)C[C@@H]1[C@@H](CO)[C@H](C(=O)NCC(F)(F)F)N(CC3CC3)[C@H]21. The fourth-order valence-electron chi connectivity index (χ4n) is 5.03. The molecule has 2 fully saturated rings. The van der Waals surface area contributed by atoms with Gasteiger partial charge in [0, 0.05) is 42.8 Å². The van der Waals surface area contributed by atoms with Gasteiger partial charge in [0.25, 0.3) is 5.56 Å². The van der Waals surface area contributed by atoms with Gasteiger partial charge in [0.05, 0.1) is 12.1 Å². The van der Waals surface area contributed by atoms with E-state index < -0.39 is 30.6 Å². The Morgan fingerprint density at radius 2 is 2.07 bits per heavy atom. The first-order valence-electron chi connectivity index (χ1n) is 10.3. The van der Waals surface area contributed by atoms with E-state index in [9.17, 15) is 27.9 Å². The first kappa shape index (κ1) is 21.1. The standard InChI is InChI=1S/C21H26F3N3O3/c1-2-3-13-6-7-16-17-14(9-26(16)20(13)30)15(10-28)18(27(17)8-12-4-5-12)19(29)25-11-21(22,23)24/h2-3,6-7,12,14-15,17-18,28H,4-5,8-11H2,1H3,(H,25,29)/b3-2+/t14-,15-,17+,18-/m1/s1. The Morgan fingerprint density at radius 1 is 1.33 bits per heavy atom. The molecule has 2 aliphatic heterocycles. The number of likely N-dealkylation sites (tertiary alicyclic amines) is 1. The zero-order valence-electron chi connectivity index (χ0n) is 16.7. The molecule has 1 amide bonds. The Kier molecular flexibility index (Phi) is 5.52. The number of fused-ring (bicyclic) bond motifs is 3. The predicted octanol–water partition coefficient (Wildman–Crippen LogP) is 1.93. The molecule has 1 saturated heterocycles. The van der Waals surface area contributed by atoms with Gasteiger partial charge in [0.2, 0.25) is 5.91 Å². The lowest BCUT2D eigenvalue weighted by Crippen LogP contribution is -2.50. The lowest BCUT2D eigenvalue weighted by molar-refractivity contribution is -0.142. The van der Waals surface area contributed by atoms with Gasteiger partial charge in [0.15, 0.2) is 0 Å². The summed E-state index contributed by atoms with van der Waals surface area (Å²) in [6.45, 7) is 1.04. The van der Waals surface area contributed by atoms with Crippen molar-refractivity contribution >= 4 is 12.0 Å². The van der Waals surface area contributed by atoms with Gasteiger partial charge < -0.3 is 15.0 Å². The molecule has 9 heteroatoms. The summed E-state index contributed by atoms with van der Waals surface area (Å²) in [5.41, 5.74) is 1.21. The number of hydrogen-bond donors (Lipinski definition) is 2. The van der Waals surface area contributed by atoms with Crippen molar-refractivity contribution in [2.24, 2.45) is 17.8 Å². The van der Waals surface area contributed by atoms with E-state index in [1.807, 2.05) is 23.2 Å². The number of halogens is 3. The number of hydrogen-bond acceptors (Lipinski definition) is 4. The van der Waals surface area contributed by atoms with E-state index in [4.69, 9.17) is 0 Å². The van der Waals surface area contributed by atoms with Gasteiger partial charge in [-0.3, -0.25) is 14.5 Å². The molecule has 1 aromatic heterocycles. The third-order valence-electron chi connectivity index (χ3n) is 6.46. The van der Waals surface area contributed by atoms with Crippen LogP contribution in [0, 0.1) is 17.8 Å². The van der Waals surface area contributed by atoms with Crippen LogP contribution in [0.5, 0.6) is 0 Å². The molecule has 1 saturated carbocycles. The lowest BCUT2D eigenvalue weighted by Gasteiger charge is -2.31. The number of carbonyl (C=O) groups is 1. The Morgan fingerprint density at radius 3 is 2.67 bits per heavy atom. The second-order valence-corrected chi connectivity index (χ2v) is 8.50. The summed E-state index contributed by atoms with van der Waals surface area (Å²) in [5, 5.41) is 12.1. The maximum Gasteiger partial charge on any atom is 0.405 e. The monoisotopic (exact) mass is 425 g/mol. The van der Waals surface area contributed by atoms with Crippen LogP contribution in [-0.2, 0) is 11.3 Å². The smallest absolute Gasteiger partial charge is 0.396 e. The van der Waals surface area contributed by atoms with Crippen LogP contribution >= 0.6 is 0 Å². The number of nitrogens with one attached hydrogen (secondary N) is 1. The first-order chi connectivity index (χ1) is 14.2. The van der Waals surface area contributed by atoms with Crippen LogP contribution in [0.3, 0.4) is 0 Å². The summed E-state index contributed by atoms with van der Waals surface area (Å²) < 4.78 is 39.6. The Labute approximate surface area is 172 Å².